The number of hydrogen-bond acceptors (Lipinski definition) is 2. The maximum absolute atomic E-state index is 5.68. The molecule has 0 unspecified atom stereocenters. The van der Waals surface area contributed by atoms with Gasteiger partial charge in [0.25, 0.3) is 0 Å². The van der Waals surface area contributed by atoms with Crippen LogP contribution in [0, 0.1) is 11.8 Å². The second-order valence-corrected chi connectivity index (χ2v) is 2.56. The van der Waals surface area contributed by atoms with E-state index in [9.17, 15) is 0 Å². The molecule has 12 heavy (non-hydrogen) atoms. The van der Waals surface area contributed by atoms with Gasteiger partial charge in [-0.2, -0.15) is 0 Å². The lowest BCUT2D eigenvalue weighted by atomic mass is 10.2. The molecule has 2 N–H and O–H groups in total. The molecule has 0 radical (unpaired) electrons. The topological polar surface area (TPSA) is 35.2 Å². The second kappa shape index (κ2) is 4.78. The van der Waals surface area contributed by atoms with E-state index in [1.165, 1.54) is 0 Å². The van der Waals surface area contributed by atoms with Crippen LogP contribution in [-0.4, -0.2) is 6.61 Å². The number of benzene rings is 1. The van der Waals surface area contributed by atoms with Crippen LogP contribution in [0.3, 0.4) is 0 Å². The highest BCUT2D eigenvalue weighted by Gasteiger charge is 1.86. The maximum atomic E-state index is 5.68. The van der Waals surface area contributed by atoms with Gasteiger partial charge >= 0.3 is 0 Å². The molecule has 0 aromatic heterocycles. The Hall–Kier alpha value is -1.01. The maximum Gasteiger partial charge on any atom is 0.129 e. The third-order valence-electron chi connectivity index (χ3n) is 1.23. The summed E-state index contributed by atoms with van der Waals surface area (Å²) in [6.07, 6.45) is 0. The van der Waals surface area contributed by atoms with Crippen LogP contribution in [0.15, 0.2) is 24.3 Å². The molecule has 0 amide bonds. The Labute approximate surface area is 76.2 Å². The number of halogens is 1. The first-order valence-corrected chi connectivity index (χ1v) is 3.77. The molecule has 0 aliphatic carbocycles. The molecule has 0 aliphatic heterocycles. The Kier molecular flexibility index (Phi) is 3.62. The quantitative estimate of drug-likeness (QED) is 0.528. The van der Waals surface area contributed by atoms with Gasteiger partial charge in [0.15, 0.2) is 0 Å². The molecule has 0 aliphatic rings. The van der Waals surface area contributed by atoms with Crippen LogP contribution in [0.1, 0.15) is 5.56 Å². The summed E-state index contributed by atoms with van der Waals surface area (Å²) in [5.41, 5.74) is 0.899. The Balaban J connectivity index is 2.66. The molecule has 0 fully saturated rings. The van der Waals surface area contributed by atoms with Crippen molar-refractivity contribution in [3.05, 3.63) is 34.9 Å². The Bertz CT molecular complexity index is 297. The minimum absolute atomic E-state index is 0.239. The molecule has 0 saturated heterocycles. The van der Waals surface area contributed by atoms with Gasteiger partial charge in [0, 0.05) is 10.6 Å². The van der Waals surface area contributed by atoms with Gasteiger partial charge in [0.1, 0.15) is 6.61 Å². The zero-order valence-corrected chi connectivity index (χ0v) is 7.14. The summed E-state index contributed by atoms with van der Waals surface area (Å²) < 4.78 is 0. The molecule has 0 saturated carbocycles. The molecular weight excluding hydrogens is 174 g/mol. The van der Waals surface area contributed by atoms with Crippen molar-refractivity contribution < 1.29 is 4.84 Å². The lowest BCUT2D eigenvalue weighted by Gasteiger charge is -1.89. The van der Waals surface area contributed by atoms with E-state index in [1.54, 1.807) is 12.1 Å². The van der Waals surface area contributed by atoms with E-state index in [0.717, 1.165) is 5.56 Å². The lowest BCUT2D eigenvalue weighted by Crippen LogP contribution is -1.97. The van der Waals surface area contributed by atoms with Crippen molar-refractivity contribution in [2.45, 2.75) is 0 Å². The molecule has 0 heterocycles. The van der Waals surface area contributed by atoms with Crippen LogP contribution in [0.4, 0.5) is 0 Å². The molecule has 1 aromatic carbocycles. The predicted molar refractivity (Wildman–Crippen MR) is 48.5 cm³/mol. The highest BCUT2D eigenvalue weighted by Crippen LogP contribution is 2.07. The van der Waals surface area contributed by atoms with Gasteiger partial charge in [-0.05, 0) is 24.3 Å². The van der Waals surface area contributed by atoms with E-state index < -0.39 is 0 Å². The van der Waals surface area contributed by atoms with Crippen molar-refractivity contribution in [1.82, 2.24) is 0 Å². The van der Waals surface area contributed by atoms with E-state index in [2.05, 4.69) is 16.7 Å². The summed E-state index contributed by atoms with van der Waals surface area (Å²) in [5.74, 6) is 10.4. The average molecular weight is 182 g/mol. The largest absolute Gasteiger partial charge is 0.292 e. The number of rotatable bonds is 1. The third-order valence-corrected chi connectivity index (χ3v) is 1.48. The van der Waals surface area contributed by atoms with Gasteiger partial charge in [-0.3, -0.25) is 4.84 Å². The summed E-state index contributed by atoms with van der Waals surface area (Å²) in [7, 11) is 0. The van der Waals surface area contributed by atoms with Crippen molar-refractivity contribution in [3.8, 4) is 11.8 Å². The zero-order valence-electron chi connectivity index (χ0n) is 6.38. The van der Waals surface area contributed by atoms with Crippen molar-refractivity contribution in [2.75, 3.05) is 6.61 Å². The lowest BCUT2D eigenvalue weighted by molar-refractivity contribution is 0.173. The predicted octanol–water partition coefficient (Wildman–Crippen LogP) is 1.58. The Morgan fingerprint density at radius 2 is 2.00 bits per heavy atom. The fourth-order valence-electron chi connectivity index (χ4n) is 0.713. The first-order chi connectivity index (χ1) is 5.83. The van der Waals surface area contributed by atoms with Crippen LogP contribution in [-0.2, 0) is 4.84 Å². The molecule has 0 spiro atoms. The van der Waals surface area contributed by atoms with Crippen molar-refractivity contribution >= 4 is 11.6 Å². The average Bonchev–Trinajstić information content (AvgIpc) is 2.09. The van der Waals surface area contributed by atoms with E-state index in [4.69, 9.17) is 17.5 Å². The first kappa shape index (κ1) is 9.08. The fourth-order valence-corrected chi connectivity index (χ4v) is 0.839. The van der Waals surface area contributed by atoms with Gasteiger partial charge < -0.3 is 0 Å². The molecule has 0 atom stereocenters. The summed E-state index contributed by atoms with van der Waals surface area (Å²) in [5, 5.41) is 0.704. The standard InChI is InChI=1S/C9H8ClNO/c10-9-5-3-8(4-6-9)2-1-7-12-11/h3-6H,7,11H2. The third kappa shape index (κ3) is 2.93. The molecule has 1 aromatic rings. The monoisotopic (exact) mass is 181 g/mol. The molecule has 62 valence electrons. The van der Waals surface area contributed by atoms with Gasteiger partial charge in [0.2, 0.25) is 0 Å². The van der Waals surface area contributed by atoms with Crippen LogP contribution in [0.25, 0.3) is 0 Å². The van der Waals surface area contributed by atoms with Gasteiger partial charge in [-0.1, -0.05) is 23.4 Å². The van der Waals surface area contributed by atoms with Crippen molar-refractivity contribution in [1.29, 1.82) is 0 Å². The fraction of sp³-hybridized carbons (Fsp3) is 0.111. The molecule has 0 bridgehead atoms. The van der Waals surface area contributed by atoms with Crippen LogP contribution in [0.2, 0.25) is 5.02 Å². The van der Waals surface area contributed by atoms with Crippen LogP contribution in [0.5, 0.6) is 0 Å². The van der Waals surface area contributed by atoms with Crippen molar-refractivity contribution in [2.24, 2.45) is 5.90 Å². The first-order valence-electron chi connectivity index (χ1n) is 3.39. The number of nitrogens with two attached hydrogens (primary N) is 1. The summed E-state index contributed by atoms with van der Waals surface area (Å²) in [6.45, 7) is 0.239. The molecule has 1 rings (SSSR count). The smallest absolute Gasteiger partial charge is 0.129 e. The van der Waals surface area contributed by atoms with E-state index in [1.807, 2.05) is 12.1 Å². The van der Waals surface area contributed by atoms with Gasteiger partial charge in [-0.15, -0.1) is 0 Å². The van der Waals surface area contributed by atoms with Gasteiger partial charge in [0.05, 0.1) is 0 Å². The van der Waals surface area contributed by atoms with E-state index in [0.29, 0.717) is 5.02 Å². The minimum atomic E-state index is 0.239. The zero-order chi connectivity index (χ0) is 8.81. The van der Waals surface area contributed by atoms with E-state index in [-0.39, 0.29) is 6.61 Å². The molecule has 2 nitrogen and oxygen atoms in total. The highest BCUT2D eigenvalue weighted by atomic mass is 35.5. The van der Waals surface area contributed by atoms with E-state index >= 15 is 0 Å². The normalized spacial score (nSPS) is 8.83. The SMILES string of the molecule is NOCC#Cc1ccc(Cl)cc1. The molecular formula is C9H8ClNO. The Morgan fingerprint density at radius 3 is 2.58 bits per heavy atom. The second-order valence-electron chi connectivity index (χ2n) is 2.12. The minimum Gasteiger partial charge on any atom is -0.292 e. The van der Waals surface area contributed by atoms with Crippen LogP contribution >= 0.6 is 11.6 Å². The van der Waals surface area contributed by atoms with Gasteiger partial charge in [-0.25, -0.2) is 5.90 Å². The summed E-state index contributed by atoms with van der Waals surface area (Å²) >= 11 is 5.68. The number of hydrogen-bond donors (Lipinski definition) is 1. The summed E-state index contributed by atoms with van der Waals surface area (Å²) in [6, 6.07) is 7.25. The molecule has 3 heteroatoms. The summed E-state index contributed by atoms with van der Waals surface area (Å²) in [4.78, 5) is 4.29. The Morgan fingerprint density at radius 1 is 1.33 bits per heavy atom. The highest BCUT2D eigenvalue weighted by molar-refractivity contribution is 6.30. The van der Waals surface area contributed by atoms with Crippen molar-refractivity contribution in [3.63, 3.8) is 0 Å². The van der Waals surface area contributed by atoms with Crippen LogP contribution < -0.4 is 5.90 Å².